The smallest absolute Gasteiger partial charge is 0.312 e. The van der Waals surface area contributed by atoms with Crippen LogP contribution < -0.4 is 0 Å². The SMILES string of the molecule is CCOP(OCC)OCOP(OCC)OCC. The lowest BCUT2D eigenvalue weighted by molar-refractivity contribution is 0.0580. The summed E-state index contributed by atoms with van der Waals surface area (Å²) < 4.78 is 31.6. The fourth-order valence-electron chi connectivity index (χ4n) is 0.755. The van der Waals surface area contributed by atoms with Crippen LogP contribution in [-0.2, 0) is 27.1 Å². The van der Waals surface area contributed by atoms with Crippen LogP contribution in [0.1, 0.15) is 27.7 Å². The minimum atomic E-state index is -1.34. The Morgan fingerprint density at radius 1 is 0.529 bits per heavy atom. The fourth-order valence-corrected chi connectivity index (χ4v) is 2.41. The summed E-state index contributed by atoms with van der Waals surface area (Å²) >= 11 is 0. The van der Waals surface area contributed by atoms with Crippen molar-refractivity contribution in [1.82, 2.24) is 0 Å². The van der Waals surface area contributed by atoms with E-state index in [1.165, 1.54) is 0 Å². The van der Waals surface area contributed by atoms with Gasteiger partial charge in [0.2, 0.25) is 0 Å². The molecule has 0 spiro atoms. The summed E-state index contributed by atoms with van der Waals surface area (Å²) in [5.41, 5.74) is 0. The maximum absolute atomic E-state index is 5.30. The minimum absolute atomic E-state index is 0.0391. The van der Waals surface area contributed by atoms with E-state index in [1.807, 2.05) is 27.7 Å². The predicted molar refractivity (Wildman–Crippen MR) is 67.4 cm³/mol. The highest BCUT2D eigenvalue weighted by molar-refractivity contribution is 7.42. The van der Waals surface area contributed by atoms with E-state index in [2.05, 4.69) is 0 Å². The van der Waals surface area contributed by atoms with Gasteiger partial charge in [-0.2, -0.15) is 0 Å². The van der Waals surface area contributed by atoms with Crippen molar-refractivity contribution in [2.45, 2.75) is 27.7 Å². The Morgan fingerprint density at radius 2 is 0.824 bits per heavy atom. The van der Waals surface area contributed by atoms with Crippen molar-refractivity contribution in [3.63, 3.8) is 0 Å². The third-order valence-corrected chi connectivity index (χ3v) is 3.76. The van der Waals surface area contributed by atoms with Crippen LogP contribution in [0.2, 0.25) is 0 Å². The topological polar surface area (TPSA) is 55.4 Å². The molecule has 104 valence electrons. The Bertz CT molecular complexity index is 134. The average molecular weight is 288 g/mol. The molecule has 0 fully saturated rings. The summed E-state index contributed by atoms with van der Waals surface area (Å²) in [6.45, 7) is 9.72. The van der Waals surface area contributed by atoms with Crippen molar-refractivity contribution in [1.29, 1.82) is 0 Å². The first-order chi connectivity index (χ1) is 8.28. The van der Waals surface area contributed by atoms with Crippen LogP contribution in [0.5, 0.6) is 0 Å². The van der Waals surface area contributed by atoms with Gasteiger partial charge in [0.25, 0.3) is 0 Å². The lowest BCUT2D eigenvalue weighted by atomic mass is 10.9. The van der Waals surface area contributed by atoms with Gasteiger partial charge in [0.1, 0.15) is 0 Å². The van der Waals surface area contributed by atoms with Crippen LogP contribution in [0.25, 0.3) is 0 Å². The van der Waals surface area contributed by atoms with E-state index in [1.54, 1.807) is 0 Å². The number of rotatable bonds is 12. The molecule has 0 amide bonds. The average Bonchev–Trinajstić information content (AvgIpc) is 2.30. The number of hydrogen-bond donors (Lipinski definition) is 0. The van der Waals surface area contributed by atoms with E-state index >= 15 is 0 Å². The normalized spacial score (nSPS) is 11.6. The molecule has 0 aromatic heterocycles. The fraction of sp³-hybridized carbons (Fsp3) is 1.00. The van der Waals surface area contributed by atoms with Gasteiger partial charge in [0.15, 0.2) is 6.79 Å². The van der Waals surface area contributed by atoms with Gasteiger partial charge in [-0.25, -0.2) is 0 Å². The molecule has 0 aliphatic carbocycles. The monoisotopic (exact) mass is 288 g/mol. The van der Waals surface area contributed by atoms with E-state index in [-0.39, 0.29) is 6.79 Å². The quantitative estimate of drug-likeness (QED) is 0.404. The second kappa shape index (κ2) is 13.1. The van der Waals surface area contributed by atoms with Crippen LogP contribution in [0.4, 0.5) is 0 Å². The zero-order valence-corrected chi connectivity index (χ0v) is 12.7. The Morgan fingerprint density at radius 3 is 1.06 bits per heavy atom. The van der Waals surface area contributed by atoms with Crippen LogP contribution in [0.15, 0.2) is 0 Å². The first-order valence-corrected chi connectivity index (χ1v) is 7.85. The second-order valence-corrected chi connectivity index (χ2v) is 4.94. The van der Waals surface area contributed by atoms with Crippen molar-refractivity contribution in [2.24, 2.45) is 0 Å². The Balaban J connectivity index is 3.73. The van der Waals surface area contributed by atoms with E-state index < -0.39 is 17.2 Å². The van der Waals surface area contributed by atoms with Crippen molar-refractivity contribution >= 4 is 17.2 Å². The second-order valence-electron chi connectivity index (χ2n) is 2.49. The lowest BCUT2D eigenvalue weighted by Crippen LogP contribution is -2.01. The van der Waals surface area contributed by atoms with Crippen LogP contribution in [0.3, 0.4) is 0 Å². The molecule has 0 aliphatic heterocycles. The van der Waals surface area contributed by atoms with Crippen LogP contribution >= 0.6 is 17.2 Å². The van der Waals surface area contributed by atoms with Crippen molar-refractivity contribution in [2.75, 3.05) is 33.2 Å². The van der Waals surface area contributed by atoms with E-state index in [0.29, 0.717) is 26.4 Å². The molecule has 0 atom stereocenters. The molecule has 0 saturated carbocycles. The third kappa shape index (κ3) is 10.2. The summed E-state index contributed by atoms with van der Waals surface area (Å²) in [6, 6.07) is 0. The molecule has 0 saturated heterocycles. The Labute approximate surface area is 106 Å². The molecule has 0 rings (SSSR count). The van der Waals surface area contributed by atoms with Gasteiger partial charge >= 0.3 is 17.2 Å². The summed E-state index contributed by atoms with van der Waals surface area (Å²) in [4.78, 5) is 0. The summed E-state index contributed by atoms with van der Waals surface area (Å²) in [5.74, 6) is 0. The summed E-state index contributed by atoms with van der Waals surface area (Å²) in [6.07, 6.45) is 0. The first kappa shape index (κ1) is 17.6. The maximum atomic E-state index is 5.30. The minimum Gasteiger partial charge on any atom is -0.312 e. The molecule has 0 heterocycles. The highest BCUT2D eigenvalue weighted by Gasteiger charge is 2.15. The van der Waals surface area contributed by atoms with E-state index in [4.69, 9.17) is 27.1 Å². The van der Waals surface area contributed by atoms with E-state index in [0.717, 1.165) is 0 Å². The van der Waals surface area contributed by atoms with Crippen LogP contribution in [-0.4, -0.2) is 33.2 Å². The molecule has 0 aromatic rings. The van der Waals surface area contributed by atoms with Crippen molar-refractivity contribution in [3.8, 4) is 0 Å². The molecule has 8 heteroatoms. The highest BCUT2D eigenvalue weighted by Crippen LogP contribution is 2.43. The molecule has 0 radical (unpaired) electrons. The molecule has 0 N–H and O–H groups in total. The molecule has 6 nitrogen and oxygen atoms in total. The molecular weight excluding hydrogens is 266 g/mol. The van der Waals surface area contributed by atoms with Gasteiger partial charge < -0.3 is 18.1 Å². The standard InChI is InChI=1S/C9H22O6P2/c1-5-10-16(11-6-2)14-9-15-17(12-7-3)13-8-4/h5-9H2,1-4H3. The summed E-state index contributed by atoms with van der Waals surface area (Å²) in [7, 11) is -2.67. The first-order valence-electron chi connectivity index (χ1n) is 5.66. The Hall–Kier alpha value is 0.620. The molecule has 0 aliphatic rings. The lowest BCUT2D eigenvalue weighted by Gasteiger charge is -2.17. The van der Waals surface area contributed by atoms with Crippen molar-refractivity contribution < 1.29 is 27.1 Å². The van der Waals surface area contributed by atoms with Gasteiger partial charge in [-0.15, -0.1) is 0 Å². The largest absolute Gasteiger partial charge is 0.334 e. The zero-order chi connectivity index (χ0) is 12.9. The van der Waals surface area contributed by atoms with Gasteiger partial charge in [-0.3, -0.25) is 9.05 Å². The van der Waals surface area contributed by atoms with E-state index in [9.17, 15) is 0 Å². The Kier molecular flexibility index (Phi) is 13.5. The van der Waals surface area contributed by atoms with Gasteiger partial charge in [-0.05, 0) is 27.7 Å². The molecule has 0 unspecified atom stereocenters. The van der Waals surface area contributed by atoms with Crippen molar-refractivity contribution in [3.05, 3.63) is 0 Å². The molecule has 0 aromatic carbocycles. The van der Waals surface area contributed by atoms with Gasteiger partial charge in [0.05, 0.1) is 26.4 Å². The third-order valence-electron chi connectivity index (χ3n) is 1.25. The molecule has 0 bridgehead atoms. The maximum Gasteiger partial charge on any atom is 0.334 e. The zero-order valence-electron chi connectivity index (χ0n) is 10.9. The molecular formula is C9H22O6P2. The van der Waals surface area contributed by atoms with Gasteiger partial charge in [0, 0.05) is 0 Å². The van der Waals surface area contributed by atoms with Gasteiger partial charge in [-0.1, -0.05) is 0 Å². The highest BCUT2D eigenvalue weighted by atomic mass is 31.2. The number of hydrogen-bond acceptors (Lipinski definition) is 6. The molecule has 17 heavy (non-hydrogen) atoms. The predicted octanol–water partition coefficient (Wildman–Crippen LogP) is 3.58. The summed E-state index contributed by atoms with van der Waals surface area (Å²) in [5, 5.41) is 0. The van der Waals surface area contributed by atoms with Crippen LogP contribution in [0, 0.1) is 0 Å².